The molecule has 0 fully saturated rings. The van der Waals surface area contributed by atoms with Crippen LogP contribution in [0.2, 0.25) is 0 Å². The van der Waals surface area contributed by atoms with Crippen LogP contribution >= 0.6 is 0 Å². The molecule has 10 heteroatoms. The predicted octanol–water partition coefficient (Wildman–Crippen LogP) is 2.52. The number of carbonyl (C=O) groups excluding carboxylic acids is 4. The van der Waals surface area contributed by atoms with E-state index in [-0.39, 0.29) is 35.5 Å². The Morgan fingerprint density at radius 3 is 2.60 bits per heavy atom. The van der Waals surface area contributed by atoms with Crippen LogP contribution in [0.5, 0.6) is 0 Å². The minimum atomic E-state index is -0.873. The number of amides is 3. The predicted molar refractivity (Wildman–Crippen MR) is 126 cm³/mol. The maximum absolute atomic E-state index is 13.4. The molecule has 4 rings (SSSR count). The van der Waals surface area contributed by atoms with Crippen molar-refractivity contribution in [3.05, 3.63) is 53.2 Å². The minimum Gasteiger partial charge on any atom is -0.464 e. The topological polar surface area (TPSA) is 140 Å². The lowest BCUT2D eigenvalue weighted by atomic mass is 9.85. The quantitative estimate of drug-likeness (QED) is 0.561. The standard InChI is InChI=1S/C25H28N4O6/c1-25(2,3)20-22(32)27-17(23-28-18(12-35-23)24(33)34-4)11-15-14-10-13(6-5-7-19(30)29-20)8-9-16(14)26-21(15)31/h8-12,15,20H,5-7H2,1-4H3,(H,26,31)(H,27,32)(H,29,30). The van der Waals surface area contributed by atoms with Gasteiger partial charge in [-0.25, -0.2) is 9.78 Å². The van der Waals surface area contributed by atoms with Crippen LogP contribution in [0, 0.1) is 5.41 Å². The maximum Gasteiger partial charge on any atom is 0.360 e. The number of rotatable bonds is 2. The Morgan fingerprint density at radius 2 is 1.89 bits per heavy atom. The fourth-order valence-electron chi connectivity index (χ4n) is 4.15. The van der Waals surface area contributed by atoms with Crippen molar-refractivity contribution >= 4 is 35.1 Å². The van der Waals surface area contributed by atoms with Crippen molar-refractivity contribution in [3.63, 3.8) is 0 Å². The number of hydrogen-bond donors (Lipinski definition) is 3. The van der Waals surface area contributed by atoms with Crippen LogP contribution in [0.1, 0.15) is 67.0 Å². The maximum atomic E-state index is 13.4. The summed E-state index contributed by atoms with van der Waals surface area (Å²) in [7, 11) is 1.22. The molecule has 2 atom stereocenters. The van der Waals surface area contributed by atoms with Gasteiger partial charge in [-0.3, -0.25) is 14.4 Å². The number of nitrogens with zero attached hydrogens (tertiary/aromatic N) is 1. The minimum absolute atomic E-state index is 0.0674. The molecule has 2 unspecified atom stereocenters. The van der Waals surface area contributed by atoms with Crippen molar-refractivity contribution in [2.75, 3.05) is 12.4 Å². The molecule has 10 nitrogen and oxygen atoms in total. The first-order valence-electron chi connectivity index (χ1n) is 11.4. The Bertz CT molecular complexity index is 1220. The third-order valence-corrected chi connectivity index (χ3v) is 6.01. The largest absolute Gasteiger partial charge is 0.464 e. The van der Waals surface area contributed by atoms with Gasteiger partial charge in [0.05, 0.1) is 13.0 Å². The average Bonchev–Trinajstić information content (AvgIpc) is 3.40. The number of methoxy groups -OCH3 is 1. The van der Waals surface area contributed by atoms with E-state index in [1.54, 1.807) is 6.08 Å². The fraction of sp³-hybridized carbons (Fsp3) is 0.400. The van der Waals surface area contributed by atoms with Crippen LogP contribution in [0.3, 0.4) is 0 Å². The molecule has 3 N–H and O–H groups in total. The van der Waals surface area contributed by atoms with E-state index in [4.69, 9.17) is 4.42 Å². The molecule has 2 aliphatic heterocycles. The van der Waals surface area contributed by atoms with Crippen molar-refractivity contribution < 1.29 is 28.3 Å². The van der Waals surface area contributed by atoms with Gasteiger partial charge in [0.15, 0.2) is 5.69 Å². The van der Waals surface area contributed by atoms with Gasteiger partial charge >= 0.3 is 5.97 Å². The summed E-state index contributed by atoms with van der Waals surface area (Å²) in [6.45, 7) is 5.52. The number of hydrogen-bond acceptors (Lipinski definition) is 7. The van der Waals surface area contributed by atoms with Crippen LogP contribution in [0.15, 0.2) is 35.0 Å². The Morgan fingerprint density at radius 1 is 1.11 bits per heavy atom. The number of fused-ring (bicyclic) bond motifs is 1. The highest BCUT2D eigenvalue weighted by Gasteiger charge is 2.35. The number of carbonyl (C=O) groups is 4. The molecule has 0 aliphatic carbocycles. The summed E-state index contributed by atoms with van der Waals surface area (Å²) in [5, 5.41) is 8.46. The van der Waals surface area contributed by atoms with Gasteiger partial charge in [-0.1, -0.05) is 32.9 Å². The summed E-state index contributed by atoms with van der Waals surface area (Å²) >= 11 is 0. The SMILES string of the molecule is COC(=O)c1coc(C2=CC3C(=O)Nc4ccc(cc43)CCCC(=O)NC(C(C)(C)C)C(=O)N2)n1. The van der Waals surface area contributed by atoms with E-state index in [0.29, 0.717) is 18.5 Å². The molecule has 1 aromatic carbocycles. The zero-order valence-corrected chi connectivity index (χ0v) is 20.1. The van der Waals surface area contributed by atoms with Gasteiger partial charge in [0, 0.05) is 12.1 Å². The van der Waals surface area contributed by atoms with E-state index < -0.39 is 29.3 Å². The third-order valence-electron chi connectivity index (χ3n) is 6.01. The van der Waals surface area contributed by atoms with Gasteiger partial charge in [-0.15, -0.1) is 0 Å². The molecule has 2 bridgehead atoms. The second-order valence-electron chi connectivity index (χ2n) is 9.71. The van der Waals surface area contributed by atoms with Crippen molar-refractivity contribution in [2.45, 2.75) is 52.0 Å². The third kappa shape index (κ3) is 5.11. The van der Waals surface area contributed by atoms with E-state index in [2.05, 4.69) is 25.7 Å². The van der Waals surface area contributed by atoms with Gasteiger partial charge in [0.25, 0.3) is 0 Å². The van der Waals surface area contributed by atoms with E-state index in [1.165, 1.54) is 7.11 Å². The molecule has 35 heavy (non-hydrogen) atoms. The summed E-state index contributed by atoms with van der Waals surface area (Å²) in [5.41, 5.74) is 1.81. The summed E-state index contributed by atoms with van der Waals surface area (Å²) in [4.78, 5) is 55.0. The lowest BCUT2D eigenvalue weighted by Gasteiger charge is -2.30. The number of benzene rings is 1. The fourth-order valence-corrected chi connectivity index (χ4v) is 4.15. The first-order valence-corrected chi connectivity index (χ1v) is 11.4. The van der Waals surface area contributed by atoms with E-state index in [9.17, 15) is 19.2 Å². The molecule has 3 heterocycles. The second kappa shape index (κ2) is 9.36. The van der Waals surface area contributed by atoms with Gasteiger partial charge in [0.1, 0.15) is 18.0 Å². The van der Waals surface area contributed by atoms with Crippen LogP contribution in [-0.4, -0.2) is 41.8 Å². The highest BCUT2D eigenvalue weighted by Crippen LogP contribution is 2.36. The van der Waals surface area contributed by atoms with Gasteiger partial charge in [-0.2, -0.15) is 0 Å². The highest BCUT2D eigenvalue weighted by atomic mass is 16.5. The van der Waals surface area contributed by atoms with Crippen molar-refractivity contribution in [3.8, 4) is 0 Å². The molecular formula is C25H28N4O6. The molecule has 0 spiro atoms. The lowest BCUT2D eigenvalue weighted by molar-refractivity contribution is -0.130. The summed E-state index contributed by atoms with van der Waals surface area (Å²) in [5.74, 6) is -2.50. The van der Waals surface area contributed by atoms with Crippen LogP contribution < -0.4 is 16.0 Å². The Balaban J connectivity index is 1.82. The molecule has 0 radical (unpaired) electrons. The van der Waals surface area contributed by atoms with Gasteiger partial charge < -0.3 is 25.1 Å². The van der Waals surface area contributed by atoms with E-state index in [0.717, 1.165) is 17.4 Å². The molecule has 1 aromatic heterocycles. The Hall–Kier alpha value is -3.95. The number of nitrogens with one attached hydrogen (secondary N) is 3. The van der Waals surface area contributed by atoms with Crippen molar-refractivity contribution in [1.82, 2.24) is 15.6 Å². The first kappa shape index (κ1) is 24.2. The van der Waals surface area contributed by atoms with Crippen LogP contribution in [0.25, 0.3) is 5.70 Å². The van der Waals surface area contributed by atoms with E-state index >= 15 is 0 Å². The molecule has 3 amide bonds. The first-order chi connectivity index (χ1) is 16.6. The monoisotopic (exact) mass is 480 g/mol. The number of oxazole rings is 1. The number of anilines is 1. The molecule has 184 valence electrons. The highest BCUT2D eigenvalue weighted by molar-refractivity contribution is 6.05. The second-order valence-corrected chi connectivity index (χ2v) is 9.71. The lowest BCUT2D eigenvalue weighted by Crippen LogP contribution is -2.53. The molecule has 2 aromatic rings. The average molecular weight is 481 g/mol. The number of aromatic nitrogens is 1. The number of esters is 1. The molecule has 0 saturated carbocycles. The Kier molecular flexibility index (Phi) is 6.47. The molecule has 2 aliphatic rings. The molecule has 0 saturated heterocycles. The zero-order chi connectivity index (χ0) is 25.3. The number of ether oxygens (including phenoxy) is 1. The normalized spacial score (nSPS) is 20.8. The van der Waals surface area contributed by atoms with Crippen LogP contribution in [0.4, 0.5) is 5.69 Å². The summed E-state index contributed by atoms with van der Waals surface area (Å²) < 4.78 is 10.2. The van der Waals surface area contributed by atoms with Gasteiger partial charge in [-0.05, 0) is 41.5 Å². The Labute approximate surface area is 202 Å². The smallest absolute Gasteiger partial charge is 0.360 e. The van der Waals surface area contributed by atoms with Crippen molar-refractivity contribution in [2.24, 2.45) is 5.41 Å². The summed E-state index contributed by atoms with van der Waals surface area (Å²) in [6, 6.07) is 4.80. The van der Waals surface area contributed by atoms with Crippen LogP contribution in [-0.2, 0) is 25.5 Å². The van der Waals surface area contributed by atoms with E-state index in [1.807, 2.05) is 39.0 Å². The zero-order valence-electron chi connectivity index (χ0n) is 20.1. The number of aryl methyl sites for hydroxylation is 1. The molecular weight excluding hydrogens is 452 g/mol. The van der Waals surface area contributed by atoms with Gasteiger partial charge in [0.2, 0.25) is 23.6 Å². The summed E-state index contributed by atoms with van der Waals surface area (Å²) in [6.07, 6.45) is 4.16. The van der Waals surface area contributed by atoms with Crippen molar-refractivity contribution in [1.29, 1.82) is 0 Å².